The first-order valence-electron chi connectivity index (χ1n) is 6.84. The maximum atomic E-state index is 3.46. The molecule has 0 bridgehead atoms. The Morgan fingerprint density at radius 2 is 1.82 bits per heavy atom. The summed E-state index contributed by atoms with van der Waals surface area (Å²) in [6.07, 6.45) is 3.77. The lowest BCUT2D eigenvalue weighted by Gasteiger charge is -2.25. The summed E-state index contributed by atoms with van der Waals surface area (Å²) < 4.78 is 0. The van der Waals surface area contributed by atoms with Crippen molar-refractivity contribution in [1.29, 1.82) is 0 Å². The van der Waals surface area contributed by atoms with Crippen LogP contribution in [0.5, 0.6) is 0 Å². The molecule has 1 N–H and O–H groups in total. The van der Waals surface area contributed by atoms with E-state index in [0.29, 0.717) is 0 Å². The largest absolute Gasteiger partial charge is 0.317 e. The van der Waals surface area contributed by atoms with E-state index in [1.54, 1.807) is 0 Å². The lowest BCUT2D eigenvalue weighted by molar-refractivity contribution is 0.255. The Kier molecular flexibility index (Phi) is 5.02. The van der Waals surface area contributed by atoms with Gasteiger partial charge in [0.2, 0.25) is 0 Å². The van der Waals surface area contributed by atoms with Crippen molar-refractivity contribution >= 4 is 0 Å². The summed E-state index contributed by atoms with van der Waals surface area (Å²) in [5.74, 6) is 0. The summed E-state index contributed by atoms with van der Waals surface area (Å²) in [6, 6.07) is 8.76. The number of nitrogens with zero attached hydrogens (tertiary/aromatic N) is 1. The molecule has 2 heteroatoms. The van der Waals surface area contributed by atoms with Gasteiger partial charge in [-0.2, -0.15) is 0 Å². The van der Waals surface area contributed by atoms with E-state index in [-0.39, 0.29) is 0 Å². The smallest absolute Gasteiger partial charge is 0.00219 e. The van der Waals surface area contributed by atoms with Gasteiger partial charge < -0.3 is 10.2 Å². The molecule has 1 aromatic rings. The number of hydrogen-bond acceptors (Lipinski definition) is 2. The van der Waals surface area contributed by atoms with Crippen LogP contribution >= 0.6 is 0 Å². The normalized spacial score (nSPS) is 18.6. The van der Waals surface area contributed by atoms with Crippen molar-refractivity contribution in [3.63, 3.8) is 0 Å². The second-order valence-electron chi connectivity index (χ2n) is 4.98. The third-order valence-electron chi connectivity index (χ3n) is 3.61. The van der Waals surface area contributed by atoms with Crippen LogP contribution in [0.25, 0.3) is 0 Å². The summed E-state index contributed by atoms with van der Waals surface area (Å²) in [4.78, 5) is 2.62. The molecule has 0 atom stereocenters. The van der Waals surface area contributed by atoms with Gasteiger partial charge in [0, 0.05) is 6.54 Å². The summed E-state index contributed by atoms with van der Waals surface area (Å²) in [6.45, 7) is 8.29. The maximum Gasteiger partial charge on any atom is 0.00219 e. The fraction of sp³-hybridized carbons (Fsp3) is 0.600. The molecule has 2 rings (SSSR count). The average molecular weight is 232 g/mol. The van der Waals surface area contributed by atoms with Gasteiger partial charge in [-0.25, -0.2) is 0 Å². The minimum atomic E-state index is 1.18. The Hall–Kier alpha value is -0.860. The van der Waals surface area contributed by atoms with Gasteiger partial charge in [0.1, 0.15) is 0 Å². The van der Waals surface area contributed by atoms with E-state index in [1.807, 2.05) is 0 Å². The van der Waals surface area contributed by atoms with E-state index in [0.717, 1.165) is 0 Å². The molecule has 1 aliphatic heterocycles. The maximum absolute atomic E-state index is 3.46. The third kappa shape index (κ3) is 4.14. The van der Waals surface area contributed by atoms with Gasteiger partial charge in [-0.05, 0) is 63.5 Å². The van der Waals surface area contributed by atoms with E-state index in [4.69, 9.17) is 0 Å². The van der Waals surface area contributed by atoms with Crippen LogP contribution in [0.1, 0.15) is 24.0 Å². The molecule has 1 aliphatic rings. The predicted molar refractivity (Wildman–Crippen MR) is 73.4 cm³/mol. The molecular weight excluding hydrogens is 208 g/mol. The highest BCUT2D eigenvalue weighted by Gasteiger charge is 2.08. The number of benzene rings is 1. The molecule has 1 aromatic carbocycles. The summed E-state index contributed by atoms with van der Waals surface area (Å²) in [7, 11) is 0. The van der Waals surface area contributed by atoms with E-state index in [1.165, 1.54) is 63.1 Å². The highest BCUT2D eigenvalue weighted by Crippen LogP contribution is 2.09. The molecule has 0 aromatic heterocycles. The molecule has 2 nitrogen and oxygen atoms in total. The molecule has 0 aliphatic carbocycles. The Morgan fingerprint density at radius 1 is 1.12 bits per heavy atom. The number of rotatable bonds is 3. The minimum absolute atomic E-state index is 1.18. The van der Waals surface area contributed by atoms with Crippen molar-refractivity contribution < 1.29 is 0 Å². The Morgan fingerprint density at radius 3 is 2.53 bits per heavy atom. The quantitative estimate of drug-likeness (QED) is 0.859. The van der Waals surface area contributed by atoms with Crippen molar-refractivity contribution in [2.24, 2.45) is 0 Å². The van der Waals surface area contributed by atoms with E-state index in [9.17, 15) is 0 Å². The number of aryl methyl sites for hydroxylation is 1. The summed E-state index contributed by atoms with van der Waals surface area (Å²) >= 11 is 0. The SMILES string of the molecule is Cc1ccccc1CCN1CCCNCCC1. The molecule has 94 valence electrons. The highest BCUT2D eigenvalue weighted by molar-refractivity contribution is 5.25. The fourth-order valence-electron chi connectivity index (χ4n) is 2.48. The Balaban J connectivity index is 1.82. The molecular formula is C15H24N2. The lowest BCUT2D eigenvalue weighted by Crippen LogP contribution is -2.35. The third-order valence-corrected chi connectivity index (χ3v) is 3.61. The van der Waals surface area contributed by atoms with Crippen LogP contribution in [0.2, 0.25) is 0 Å². The Labute approximate surface area is 105 Å². The molecule has 1 heterocycles. The summed E-state index contributed by atoms with van der Waals surface area (Å²) in [5, 5.41) is 3.46. The second kappa shape index (κ2) is 6.77. The molecule has 1 fully saturated rings. The molecule has 0 amide bonds. The number of hydrogen-bond donors (Lipinski definition) is 1. The van der Waals surface area contributed by atoms with Gasteiger partial charge in [0.15, 0.2) is 0 Å². The van der Waals surface area contributed by atoms with Crippen LogP contribution in [0.3, 0.4) is 0 Å². The zero-order valence-corrected chi connectivity index (χ0v) is 10.9. The molecule has 1 saturated heterocycles. The Bertz CT molecular complexity index is 327. The molecule has 17 heavy (non-hydrogen) atoms. The minimum Gasteiger partial charge on any atom is -0.317 e. The highest BCUT2D eigenvalue weighted by atomic mass is 15.1. The van der Waals surface area contributed by atoms with Gasteiger partial charge in [0.25, 0.3) is 0 Å². The zero-order valence-electron chi connectivity index (χ0n) is 10.9. The van der Waals surface area contributed by atoms with Crippen LogP contribution in [-0.2, 0) is 6.42 Å². The molecule has 0 radical (unpaired) electrons. The van der Waals surface area contributed by atoms with Crippen molar-refractivity contribution in [3.8, 4) is 0 Å². The van der Waals surface area contributed by atoms with Crippen LogP contribution in [-0.4, -0.2) is 37.6 Å². The average Bonchev–Trinajstić information content (AvgIpc) is 2.29. The monoisotopic (exact) mass is 232 g/mol. The second-order valence-corrected chi connectivity index (χ2v) is 4.98. The zero-order chi connectivity index (χ0) is 11.9. The van der Waals surface area contributed by atoms with Gasteiger partial charge in [-0.15, -0.1) is 0 Å². The van der Waals surface area contributed by atoms with Gasteiger partial charge in [0.05, 0.1) is 0 Å². The number of nitrogens with one attached hydrogen (secondary N) is 1. The van der Waals surface area contributed by atoms with Crippen LogP contribution in [0, 0.1) is 6.92 Å². The van der Waals surface area contributed by atoms with E-state index in [2.05, 4.69) is 41.4 Å². The molecule has 0 unspecified atom stereocenters. The van der Waals surface area contributed by atoms with Crippen molar-refractivity contribution in [2.75, 3.05) is 32.7 Å². The van der Waals surface area contributed by atoms with Gasteiger partial charge >= 0.3 is 0 Å². The van der Waals surface area contributed by atoms with Crippen molar-refractivity contribution in [3.05, 3.63) is 35.4 Å². The van der Waals surface area contributed by atoms with Gasteiger partial charge in [-0.1, -0.05) is 24.3 Å². The van der Waals surface area contributed by atoms with Crippen LogP contribution in [0.15, 0.2) is 24.3 Å². The topological polar surface area (TPSA) is 15.3 Å². The first-order chi connectivity index (χ1) is 8.36. The molecule has 0 spiro atoms. The van der Waals surface area contributed by atoms with E-state index < -0.39 is 0 Å². The summed E-state index contributed by atoms with van der Waals surface area (Å²) in [5.41, 5.74) is 2.94. The predicted octanol–water partition coefficient (Wildman–Crippen LogP) is 2.22. The van der Waals surface area contributed by atoms with Crippen LogP contribution in [0.4, 0.5) is 0 Å². The van der Waals surface area contributed by atoms with Crippen molar-refractivity contribution in [1.82, 2.24) is 10.2 Å². The standard InChI is InChI=1S/C15H24N2/c1-14-6-2-3-7-15(14)8-13-17-11-4-9-16-10-5-12-17/h2-3,6-7,16H,4-5,8-13H2,1H3. The van der Waals surface area contributed by atoms with Crippen molar-refractivity contribution in [2.45, 2.75) is 26.2 Å². The fourth-order valence-corrected chi connectivity index (χ4v) is 2.48. The first-order valence-corrected chi connectivity index (χ1v) is 6.84. The van der Waals surface area contributed by atoms with Crippen LogP contribution < -0.4 is 5.32 Å². The molecule has 0 saturated carbocycles. The van der Waals surface area contributed by atoms with Gasteiger partial charge in [-0.3, -0.25) is 0 Å². The lowest BCUT2D eigenvalue weighted by atomic mass is 10.1. The first kappa shape index (κ1) is 12.6. The van der Waals surface area contributed by atoms with E-state index >= 15 is 0 Å².